The number of ether oxygens (including phenoxy) is 2. The van der Waals surface area contributed by atoms with Crippen molar-refractivity contribution in [1.29, 1.82) is 0 Å². The van der Waals surface area contributed by atoms with Crippen LogP contribution in [0.25, 0.3) is 10.5 Å². The first kappa shape index (κ1) is 22.6. The summed E-state index contributed by atoms with van der Waals surface area (Å²) >= 11 is 1.54. The maximum absolute atomic E-state index is 14.1. The van der Waals surface area contributed by atoms with Crippen molar-refractivity contribution < 1.29 is 13.9 Å². The SMILES string of the molecule is [C-]#[N+]c1c(C)c(C(C)C)cn1-c1ccc(Oc2cc(F)cc(OCc3cnc(C)s3)c2)cc1. The van der Waals surface area contributed by atoms with Gasteiger partial charge in [0.25, 0.3) is 0 Å². The Bertz CT molecular complexity index is 1320. The fraction of sp³-hybridized carbons (Fsp3) is 0.231. The van der Waals surface area contributed by atoms with Crippen LogP contribution in [0.1, 0.15) is 40.8 Å². The fourth-order valence-corrected chi connectivity index (χ4v) is 4.35. The van der Waals surface area contributed by atoms with Gasteiger partial charge in [0.15, 0.2) is 0 Å². The first-order valence-electron chi connectivity index (χ1n) is 10.6. The van der Waals surface area contributed by atoms with Crippen LogP contribution in [-0.4, -0.2) is 9.55 Å². The molecule has 0 radical (unpaired) electrons. The van der Waals surface area contributed by atoms with Crippen molar-refractivity contribution >= 4 is 17.2 Å². The van der Waals surface area contributed by atoms with E-state index in [4.69, 9.17) is 16.0 Å². The molecule has 0 unspecified atom stereocenters. The molecule has 4 aromatic rings. The van der Waals surface area contributed by atoms with Crippen LogP contribution >= 0.6 is 11.3 Å². The molecule has 0 N–H and O–H groups in total. The van der Waals surface area contributed by atoms with E-state index < -0.39 is 5.82 Å². The van der Waals surface area contributed by atoms with Gasteiger partial charge in [0.05, 0.1) is 16.1 Å². The van der Waals surface area contributed by atoms with Crippen LogP contribution in [0.3, 0.4) is 0 Å². The second kappa shape index (κ2) is 9.47. The summed E-state index contributed by atoms with van der Waals surface area (Å²) in [5.41, 5.74) is 3.02. The third-order valence-corrected chi connectivity index (χ3v) is 6.12. The van der Waals surface area contributed by atoms with Crippen molar-refractivity contribution in [2.75, 3.05) is 0 Å². The normalized spacial score (nSPS) is 10.9. The van der Waals surface area contributed by atoms with Gasteiger partial charge >= 0.3 is 0 Å². The molecular weight excluding hydrogens is 437 g/mol. The van der Waals surface area contributed by atoms with E-state index in [1.807, 2.05) is 36.7 Å². The molecule has 0 bridgehead atoms. The Hall–Kier alpha value is -3.63. The predicted octanol–water partition coefficient (Wildman–Crippen LogP) is 7.74. The lowest BCUT2D eigenvalue weighted by Gasteiger charge is -2.10. The zero-order valence-corrected chi connectivity index (χ0v) is 19.7. The molecule has 2 heterocycles. The van der Waals surface area contributed by atoms with E-state index in [1.54, 1.807) is 35.7 Å². The second-order valence-electron chi connectivity index (χ2n) is 8.02. The summed E-state index contributed by atoms with van der Waals surface area (Å²) in [6.07, 6.45) is 3.78. The Morgan fingerprint density at radius 2 is 1.82 bits per heavy atom. The Morgan fingerprint density at radius 1 is 1.09 bits per heavy atom. The van der Waals surface area contributed by atoms with Crippen LogP contribution < -0.4 is 9.47 Å². The highest BCUT2D eigenvalue weighted by molar-refractivity contribution is 7.11. The molecule has 33 heavy (non-hydrogen) atoms. The Labute approximate surface area is 196 Å². The van der Waals surface area contributed by atoms with Crippen LogP contribution in [0.2, 0.25) is 0 Å². The Morgan fingerprint density at radius 3 is 2.45 bits per heavy atom. The molecule has 5 nitrogen and oxygen atoms in total. The van der Waals surface area contributed by atoms with E-state index >= 15 is 0 Å². The number of benzene rings is 2. The van der Waals surface area contributed by atoms with Gasteiger partial charge in [0.2, 0.25) is 5.82 Å². The van der Waals surface area contributed by atoms with Gasteiger partial charge < -0.3 is 14.3 Å². The molecule has 7 heteroatoms. The molecule has 2 aromatic heterocycles. The topological polar surface area (TPSA) is 40.6 Å². The predicted molar refractivity (Wildman–Crippen MR) is 129 cm³/mol. The first-order chi connectivity index (χ1) is 15.8. The molecule has 0 spiro atoms. The highest BCUT2D eigenvalue weighted by atomic mass is 32.1. The van der Waals surface area contributed by atoms with Crippen LogP contribution in [0.5, 0.6) is 17.2 Å². The average molecular weight is 462 g/mol. The molecule has 2 aromatic carbocycles. The summed E-state index contributed by atoms with van der Waals surface area (Å²) in [6.45, 7) is 16.0. The molecule has 4 rings (SSSR count). The molecule has 0 atom stereocenters. The quantitative estimate of drug-likeness (QED) is 0.264. The van der Waals surface area contributed by atoms with E-state index in [2.05, 4.69) is 23.7 Å². The standard InChI is InChI=1S/C26H24FN3O2S/c1-16(2)25-14-30(26(28-5)17(25)3)20-6-8-21(9-7-20)32-23-11-19(27)10-22(12-23)31-15-24-13-29-18(4)33-24/h6-14,16H,15H2,1-4H3. The summed E-state index contributed by atoms with van der Waals surface area (Å²) in [5.74, 6) is 1.79. The van der Waals surface area contributed by atoms with Gasteiger partial charge in [-0.3, -0.25) is 4.57 Å². The molecule has 0 aliphatic heterocycles. The van der Waals surface area contributed by atoms with Gasteiger partial charge in [-0.15, -0.1) is 11.3 Å². The van der Waals surface area contributed by atoms with Crippen LogP contribution in [-0.2, 0) is 6.61 Å². The van der Waals surface area contributed by atoms with Crippen LogP contribution in [0, 0.1) is 26.2 Å². The summed E-state index contributed by atoms with van der Waals surface area (Å²) in [5, 5.41) is 0.958. The lowest BCUT2D eigenvalue weighted by atomic mass is 10.0. The van der Waals surface area contributed by atoms with E-state index in [-0.39, 0.29) is 0 Å². The van der Waals surface area contributed by atoms with E-state index in [9.17, 15) is 4.39 Å². The van der Waals surface area contributed by atoms with Gasteiger partial charge in [-0.1, -0.05) is 20.4 Å². The second-order valence-corrected chi connectivity index (χ2v) is 9.34. The smallest absolute Gasteiger partial charge is 0.238 e. The van der Waals surface area contributed by atoms with E-state index in [0.29, 0.717) is 35.6 Å². The molecule has 0 saturated heterocycles. The molecular formula is C26H24FN3O2S. The molecule has 168 valence electrons. The molecule has 0 aliphatic rings. The van der Waals surface area contributed by atoms with E-state index in [0.717, 1.165) is 26.7 Å². The van der Waals surface area contributed by atoms with Gasteiger partial charge in [0, 0.05) is 24.4 Å². The minimum absolute atomic E-state index is 0.321. The number of rotatable bonds is 7. The third-order valence-electron chi connectivity index (χ3n) is 5.24. The number of hydrogen-bond acceptors (Lipinski definition) is 4. The number of nitrogens with zero attached hydrogens (tertiary/aromatic N) is 3. The molecule has 0 fully saturated rings. The van der Waals surface area contributed by atoms with Crippen molar-refractivity contribution in [2.45, 2.75) is 40.2 Å². The Balaban J connectivity index is 1.51. The maximum atomic E-state index is 14.1. The van der Waals surface area contributed by atoms with E-state index in [1.165, 1.54) is 12.1 Å². The summed E-state index contributed by atoms with van der Waals surface area (Å²) in [6, 6.07) is 11.7. The molecule has 0 saturated carbocycles. The highest BCUT2D eigenvalue weighted by Crippen LogP contribution is 2.34. The number of thiazole rings is 1. The van der Waals surface area contributed by atoms with Gasteiger partial charge in [0.1, 0.15) is 35.4 Å². The van der Waals surface area contributed by atoms with Crippen LogP contribution in [0.4, 0.5) is 10.2 Å². The summed E-state index contributed by atoms with van der Waals surface area (Å²) in [7, 11) is 0. The van der Waals surface area contributed by atoms with Crippen molar-refractivity contribution in [1.82, 2.24) is 9.55 Å². The summed E-state index contributed by atoms with van der Waals surface area (Å²) < 4.78 is 27.6. The third kappa shape index (κ3) is 5.07. The first-order valence-corrected chi connectivity index (χ1v) is 11.4. The van der Waals surface area contributed by atoms with Gasteiger partial charge in [-0.25, -0.2) is 9.37 Å². The monoisotopic (exact) mass is 461 g/mol. The van der Waals surface area contributed by atoms with Gasteiger partial charge in [-0.05, 0) is 55.2 Å². The van der Waals surface area contributed by atoms with Crippen LogP contribution in [0.15, 0.2) is 54.9 Å². The van der Waals surface area contributed by atoms with Crippen molar-refractivity contribution in [3.05, 3.63) is 93.1 Å². The highest BCUT2D eigenvalue weighted by Gasteiger charge is 2.17. The largest absolute Gasteiger partial charge is 0.488 e. The number of aryl methyl sites for hydroxylation is 1. The fourth-order valence-electron chi connectivity index (χ4n) is 3.64. The zero-order chi connectivity index (χ0) is 23.5. The van der Waals surface area contributed by atoms with Gasteiger partial charge in [-0.2, -0.15) is 0 Å². The minimum Gasteiger partial charge on any atom is -0.488 e. The van der Waals surface area contributed by atoms with Crippen molar-refractivity contribution in [3.8, 4) is 22.9 Å². The molecule has 0 amide bonds. The average Bonchev–Trinajstić information content (AvgIpc) is 3.35. The maximum Gasteiger partial charge on any atom is 0.238 e. The Kier molecular flexibility index (Phi) is 6.47. The minimum atomic E-state index is -0.440. The van der Waals surface area contributed by atoms with Crippen molar-refractivity contribution in [2.24, 2.45) is 0 Å². The zero-order valence-electron chi connectivity index (χ0n) is 18.9. The summed E-state index contributed by atoms with van der Waals surface area (Å²) in [4.78, 5) is 8.89. The van der Waals surface area contributed by atoms with Crippen molar-refractivity contribution in [3.63, 3.8) is 0 Å². The lowest BCUT2D eigenvalue weighted by molar-refractivity contribution is 0.306. The number of halogens is 1. The number of hydrogen-bond donors (Lipinski definition) is 0. The number of aromatic nitrogens is 2. The lowest BCUT2D eigenvalue weighted by Crippen LogP contribution is -1.95. The molecule has 0 aliphatic carbocycles.